The number of aliphatic hydroxyl groups excluding tert-OH is 1. The summed E-state index contributed by atoms with van der Waals surface area (Å²) in [6.45, 7) is 0.855. The number of hydrogen-bond acceptors (Lipinski definition) is 4. The van der Waals surface area contributed by atoms with Crippen molar-refractivity contribution in [2.45, 2.75) is 18.4 Å². The Bertz CT molecular complexity index is 181. The fraction of sp³-hybridized carbons (Fsp3) is 1.00. The fourth-order valence-corrected chi connectivity index (χ4v) is 0.852. The molecule has 0 radical (unpaired) electrons. The van der Waals surface area contributed by atoms with Gasteiger partial charge < -0.3 is 10.00 Å². The third-order valence-electron chi connectivity index (χ3n) is 1.45. The van der Waals surface area contributed by atoms with Gasteiger partial charge in [-0.15, -0.1) is 4.67 Å². The summed E-state index contributed by atoms with van der Waals surface area (Å²) in [4.78, 5) is 13.2. The van der Waals surface area contributed by atoms with E-state index >= 15 is 0 Å². The molecule has 66 valence electrons. The van der Waals surface area contributed by atoms with Crippen LogP contribution in [0.1, 0.15) is 12.8 Å². The third kappa shape index (κ3) is 2.89. The molecule has 0 spiro atoms. The van der Waals surface area contributed by atoms with Gasteiger partial charge in [-0.1, -0.05) is 0 Å². The normalized spacial score (nSPS) is 26.1. The minimum atomic E-state index is -3.57. The summed E-state index contributed by atoms with van der Waals surface area (Å²) in [6, 6.07) is 0. The average Bonchev–Trinajstić information content (AvgIpc) is 2.63. The lowest BCUT2D eigenvalue weighted by atomic mass is 10.4. The second-order valence-corrected chi connectivity index (χ2v) is 4.56. The van der Waals surface area contributed by atoms with Crippen LogP contribution in [-0.4, -0.2) is 28.9 Å². The van der Waals surface area contributed by atoms with Gasteiger partial charge >= 0.3 is 7.60 Å². The molecular weight excluding hydrogens is 171 g/mol. The zero-order chi connectivity index (χ0) is 8.54. The molecule has 1 fully saturated rings. The first-order chi connectivity index (χ1) is 4.97. The highest BCUT2D eigenvalue weighted by atomic mass is 31.2. The maximum absolute atomic E-state index is 10.5. The molecule has 5 nitrogen and oxygen atoms in total. The van der Waals surface area contributed by atoms with Gasteiger partial charge in [0.2, 0.25) is 0 Å². The van der Waals surface area contributed by atoms with Crippen LogP contribution >= 0.6 is 7.60 Å². The molecule has 0 aromatic carbocycles. The summed E-state index contributed by atoms with van der Waals surface area (Å²) < 4.78 is 14.7. The van der Waals surface area contributed by atoms with Gasteiger partial charge in [0.15, 0.2) is 0 Å². The SMILES string of the molecule is CP(=O)(O)OOC1(CO)CC1. The monoisotopic (exact) mass is 182 g/mol. The predicted molar refractivity (Wildman–Crippen MR) is 37.0 cm³/mol. The maximum atomic E-state index is 10.5. The highest BCUT2D eigenvalue weighted by Gasteiger charge is 2.46. The van der Waals surface area contributed by atoms with Crippen LogP contribution in [0.15, 0.2) is 0 Å². The standard InChI is InChI=1S/C5H11O5P/c1-11(7,8)10-9-5(4-6)2-3-5/h6H,2-4H2,1H3,(H,7,8). The predicted octanol–water partition coefficient (Wildman–Crippen LogP) is 0.275. The Morgan fingerprint density at radius 2 is 2.18 bits per heavy atom. The quantitative estimate of drug-likeness (QED) is 0.371. The van der Waals surface area contributed by atoms with E-state index in [0.717, 1.165) is 6.66 Å². The molecule has 11 heavy (non-hydrogen) atoms. The largest absolute Gasteiger partial charge is 0.393 e. The van der Waals surface area contributed by atoms with Gasteiger partial charge in [-0.05, 0) is 12.8 Å². The molecule has 0 saturated heterocycles. The number of hydrogen-bond donors (Lipinski definition) is 2. The van der Waals surface area contributed by atoms with Gasteiger partial charge in [0.05, 0.1) is 6.61 Å². The molecule has 0 aromatic heterocycles. The van der Waals surface area contributed by atoms with Crippen molar-refractivity contribution in [3.63, 3.8) is 0 Å². The average molecular weight is 182 g/mol. The first kappa shape index (κ1) is 9.16. The minimum Gasteiger partial charge on any atom is -0.393 e. The van der Waals surface area contributed by atoms with E-state index in [4.69, 9.17) is 10.00 Å². The molecule has 1 atom stereocenters. The topological polar surface area (TPSA) is 76.0 Å². The van der Waals surface area contributed by atoms with Gasteiger partial charge in [0.25, 0.3) is 0 Å². The molecule has 1 aliphatic carbocycles. The lowest BCUT2D eigenvalue weighted by Gasteiger charge is -2.12. The smallest absolute Gasteiger partial charge is 0.352 e. The molecule has 6 heteroatoms. The first-order valence-electron chi connectivity index (χ1n) is 3.26. The van der Waals surface area contributed by atoms with Crippen molar-refractivity contribution in [1.82, 2.24) is 0 Å². The Balaban J connectivity index is 2.28. The summed E-state index contributed by atoms with van der Waals surface area (Å²) in [5.41, 5.74) is -0.700. The maximum Gasteiger partial charge on any atom is 0.352 e. The molecule has 1 saturated carbocycles. The molecule has 1 unspecified atom stereocenters. The van der Waals surface area contributed by atoms with Gasteiger partial charge in [-0.25, -0.2) is 4.89 Å². The summed E-state index contributed by atoms with van der Waals surface area (Å²) >= 11 is 0. The van der Waals surface area contributed by atoms with Gasteiger partial charge in [-0.3, -0.25) is 4.57 Å². The molecule has 0 amide bonds. The van der Waals surface area contributed by atoms with Gasteiger partial charge in [0.1, 0.15) is 5.60 Å². The van der Waals surface area contributed by atoms with Gasteiger partial charge in [0, 0.05) is 6.66 Å². The fourth-order valence-electron chi connectivity index (χ4n) is 0.555. The van der Waals surface area contributed by atoms with Crippen LogP contribution in [0.25, 0.3) is 0 Å². The van der Waals surface area contributed by atoms with Crippen molar-refractivity contribution in [2.75, 3.05) is 13.3 Å². The molecular formula is C5H11O5P. The van der Waals surface area contributed by atoms with Crippen LogP contribution in [0, 0.1) is 0 Å². The zero-order valence-corrected chi connectivity index (χ0v) is 7.08. The third-order valence-corrected chi connectivity index (χ3v) is 1.80. The first-order valence-corrected chi connectivity index (χ1v) is 5.28. The Morgan fingerprint density at radius 1 is 1.64 bits per heavy atom. The second kappa shape index (κ2) is 2.84. The number of aliphatic hydroxyl groups is 1. The number of rotatable bonds is 4. The Morgan fingerprint density at radius 3 is 2.45 bits per heavy atom. The Hall–Kier alpha value is 0.0700. The highest BCUT2D eigenvalue weighted by Crippen LogP contribution is 2.45. The molecule has 1 rings (SSSR count). The van der Waals surface area contributed by atoms with E-state index in [1.54, 1.807) is 0 Å². The van der Waals surface area contributed by atoms with Crippen molar-refractivity contribution < 1.29 is 24.1 Å². The van der Waals surface area contributed by atoms with E-state index in [1.165, 1.54) is 0 Å². The van der Waals surface area contributed by atoms with Crippen molar-refractivity contribution in [1.29, 1.82) is 0 Å². The van der Waals surface area contributed by atoms with Crippen molar-refractivity contribution in [2.24, 2.45) is 0 Å². The van der Waals surface area contributed by atoms with Crippen molar-refractivity contribution in [3.8, 4) is 0 Å². The Labute approximate surface area is 64.4 Å². The van der Waals surface area contributed by atoms with Gasteiger partial charge in [-0.2, -0.15) is 0 Å². The highest BCUT2D eigenvalue weighted by molar-refractivity contribution is 7.51. The zero-order valence-electron chi connectivity index (χ0n) is 6.19. The van der Waals surface area contributed by atoms with E-state index in [2.05, 4.69) is 9.56 Å². The molecule has 0 bridgehead atoms. The molecule has 0 aliphatic heterocycles. The van der Waals surface area contributed by atoms with E-state index in [1.807, 2.05) is 0 Å². The lowest BCUT2D eigenvalue weighted by Crippen LogP contribution is -2.18. The molecule has 0 heterocycles. The van der Waals surface area contributed by atoms with Crippen LogP contribution in [0.2, 0.25) is 0 Å². The van der Waals surface area contributed by atoms with Crippen LogP contribution in [0.4, 0.5) is 0 Å². The minimum absolute atomic E-state index is 0.174. The Kier molecular flexibility index (Phi) is 2.37. The van der Waals surface area contributed by atoms with E-state index < -0.39 is 13.2 Å². The summed E-state index contributed by atoms with van der Waals surface area (Å²) in [7, 11) is -3.57. The van der Waals surface area contributed by atoms with Crippen molar-refractivity contribution in [3.05, 3.63) is 0 Å². The van der Waals surface area contributed by atoms with Crippen LogP contribution < -0.4 is 0 Å². The molecule has 1 aliphatic rings. The lowest BCUT2D eigenvalue weighted by molar-refractivity contribution is -0.269. The molecule has 2 N–H and O–H groups in total. The van der Waals surface area contributed by atoms with Crippen LogP contribution in [0.3, 0.4) is 0 Å². The van der Waals surface area contributed by atoms with E-state index in [0.29, 0.717) is 12.8 Å². The van der Waals surface area contributed by atoms with E-state index in [-0.39, 0.29) is 6.61 Å². The van der Waals surface area contributed by atoms with E-state index in [9.17, 15) is 4.57 Å². The summed E-state index contributed by atoms with van der Waals surface area (Å²) in [5, 5.41) is 8.68. The van der Waals surface area contributed by atoms with Crippen LogP contribution in [-0.2, 0) is 14.1 Å². The summed E-state index contributed by atoms with van der Waals surface area (Å²) in [5.74, 6) is 0. The summed E-state index contributed by atoms with van der Waals surface area (Å²) in [6.07, 6.45) is 1.34. The van der Waals surface area contributed by atoms with Crippen molar-refractivity contribution >= 4 is 7.60 Å². The van der Waals surface area contributed by atoms with Crippen LogP contribution in [0.5, 0.6) is 0 Å². The second-order valence-electron chi connectivity index (χ2n) is 2.80. The molecule has 0 aromatic rings.